The van der Waals surface area contributed by atoms with E-state index < -0.39 is 0 Å². The molecule has 0 unspecified atom stereocenters. The van der Waals surface area contributed by atoms with Crippen LogP contribution >= 0.6 is 11.8 Å². The lowest BCUT2D eigenvalue weighted by atomic mass is 10.1. The molecule has 2 aromatic carbocycles. The van der Waals surface area contributed by atoms with Crippen LogP contribution in [0.25, 0.3) is 0 Å². The van der Waals surface area contributed by atoms with Gasteiger partial charge in [0.2, 0.25) is 5.91 Å². The lowest BCUT2D eigenvalue weighted by molar-refractivity contribution is -0.113. The van der Waals surface area contributed by atoms with Crippen molar-refractivity contribution in [3.8, 4) is 0 Å². The number of aromatic nitrogens is 1. The van der Waals surface area contributed by atoms with Gasteiger partial charge in [0.1, 0.15) is 5.76 Å². The SMILES string of the molecule is Cc1nc(SCC(=O)Nc2ccccc2C(=O)Nc2ccccc2)oc1C. The predicted octanol–water partition coefficient (Wildman–Crippen LogP) is 4.27. The van der Waals surface area contributed by atoms with Crippen molar-refractivity contribution in [1.82, 2.24) is 4.98 Å². The van der Waals surface area contributed by atoms with E-state index in [4.69, 9.17) is 4.42 Å². The Morgan fingerprint density at radius 3 is 2.41 bits per heavy atom. The van der Waals surface area contributed by atoms with Crippen LogP contribution in [0.2, 0.25) is 0 Å². The molecule has 0 aliphatic carbocycles. The van der Waals surface area contributed by atoms with Crippen LogP contribution in [0.4, 0.5) is 11.4 Å². The van der Waals surface area contributed by atoms with E-state index in [1.54, 1.807) is 36.4 Å². The summed E-state index contributed by atoms with van der Waals surface area (Å²) in [4.78, 5) is 29.1. The van der Waals surface area contributed by atoms with Crippen LogP contribution in [0.3, 0.4) is 0 Å². The molecule has 0 bridgehead atoms. The number of carbonyl (C=O) groups excluding carboxylic acids is 2. The van der Waals surface area contributed by atoms with Crippen molar-refractivity contribution in [2.24, 2.45) is 0 Å². The molecule has 3 aromatic rings. The molecule has 0 aliphatic heterocycles. The number of nitrogens with zero attached hydrogens (tertiary/aromatic N) is 1. The van der Waals surface area contributed by atoms with Crippen LogP contribution in [-0.4, -0.2) is 22.6 Å². The number of thioether (sulfide) groups is 1. The first-order chi connectivity index (χ1) is 13.0. The lowest BCUT2D eigenvalue weighted by Crippen LogP contribution is -2.19. The molecular formula is C20H19N3O3S. The molecule has 7 heteroatoms. The number of rotatable bonds is 6. The zero-order valence-electron chi connectivity index (χ0n) is 15.0. The van der Waals surface area contributed by atoms with Crippen LogP contribution in [0.5, 0.6) is 0 Å². The number of para-hydroxylation sites is 2. The number of aryl methyl sites for hydroxylation is 2. The van der Waals surface area contributed by atoms with Gasteiger partial charge in [0, 0.05) is 5.69 Å². The van der Waals surface area contributed by atoms with Crippen molar-refractivity contribution < 1.29 is 14.0 Å². The average Bonchev–Trinajstić information content (AvgIpc) is 2.99. The van der Waals surface area contributed by atoms with E-state index in [0.717, 1.165) is 11.5 Å². The maximum Gasteiger partial charge on any atom is 0.257 e. The Hall–Kier alpha value is -3.06. The molecule has 0 atom stereocenters. The molecule has 0 aliphatic rings. The molecule has 0 radical (unpaired) electrons. The molecule has 0 saturated heterocycles. The first-order valence-corrected chi connectivity index (χ1v) is 9.33. The van der Waals surface area contributed by atoms with Crippen molar-refractivity contribution in [3.05, 3.63) is 71.6 Å². The van der Waals surface area contributed by atoms with Crippen LogP contribution in [0.15, 0.2) is 64.2 Å². The summed E-state index contributed by atoms with van der Waals surface area (Å²) in [6.45, 7) is 3.68. The Bertz CT molecular complexity index is 935. The van der Waals surface area contributed by atoms with Crippen molar-refractivity contribution in [2.75, 3.05) is 16.4 Å². The molecule has 0 saturated carbocycles. The number of hydrogen-bond acceptors (Lipinski definition) is 5. The fraction of sp³-hybridized carbons (Fsp3) is 0.150. The maximum absolute atomic E-state index is 12.5. The molecule has 27 heavy (non-hydrogen) atoms. The Morgan fingerprint density at radius 2 is 1.70 bits per heavy atom. The number of carbonyl (C=O) groups is 2. The minimum Gasteiger partial charge on any atom is -0.437 e. The standard InChI is InChI=1S/C20H19N3O3S/c1-13-14(2)26-20(21-13)27-12-18(24)23-17-11-7-6-10-16(17)19(25)22-15-8-4-3-5-9-15/h3-11H,12H2,1-2H3,(H,22,25)(H,23,24). The number of amides is 2. The quantitative estimate of drug-likeness (QED) is 0.623. The van der Waals surface area contributed by atoms with E-state index in [1.807, 2.05) is 32.0 Å². The van der Waals surface area contributed by atoms with E-state index in [-0.39, 0.29) is 17.6 Å². The van der Waals surface area contributed by atoms with Crippen molar-refractivity contribution in [1.29, 1.82) is 0 Å². The second-order valence-electron chi connectivity index (χ2n) is 5.82. The van der Waals surface area contributed by atoms with Crippen LogP contribution in [0, 0.1) is 13.8 Å². The van der Waals surface area contributed by atoms with E-state index in [0.29, 0.717) is 22.2 Å². The highest BCUT2D eigenvalue weighted by Gasteiger charge is 2.14. The van der Waals surface area contributed by atoms with Crippen molar-refractivity contribution >= 4 is 35.0 Å². The highest BCUT2D eigenvalue weighted by molar-refractivity contribution is 7.99. The molecule has 2 amide bonds. The third kappa shape index (κ3) is 4.98. The van der Waals surface area contributed by atoms with Gasteiger partial charge < -0.3 is 15.1 Å². The van der Waals surface area contributed by atoms with Gasteiger partial charge in [-0.25, -0.2) is 4.98 Å². The maximum atomic E-state index is 12.5. The molecule has 6 nitrogen and oxygen atoms in total. The van der Waals surface area contributed by atoms with Gasteiger partial charge >= 0.3 is 0 Å². The molecular weight excluding hydrogens is 362 g/mol. The summed E-state index contributed by atoms with van der Waals surface area (Å²) in [6, 6.07) is 16.0. The number of oxazole rings is 1. The van der Waals surface area contributed by atoms with Gasteiger partial charge in [-0.3, -0.25) is 9.59 Å². The summed E-state index contributed by atoms with van der Waals surface area (Å²) in [5.41, 5.74) is 2.34. The van der Waals surface area contributed by atoms with Gasteiger partial charge in [-0.2, -0.15) is 0 Å². The van der Waals surface area contributed by atoms with E-state index in [2.05, 4.69) is 15.6 Å². The number of hydrogen-bond donors (Lipinski definition) is 2. The summed E-state index contributed by atoms with van der Waals surface area (Å²) >= 11 is 1.21. The Kier molecular flexibility index (Phi) is 5.93. The normalized spacial score (nSPS) is 10.4. The van der Waals surface area contributed by atoms with Gasteiger partial charge in [-0.1, -0.05) is 42.1 Å². The van der Waals surface area contributed by atoms with Crippen LogP contribution in [-0.2, 0) is 4.79 Å². The third-order valence-corrected chi connectivity index (χ3v) is 4.64. The molecule has 2 N–H and O–H groups in total. The zero-order valence-corrected chi connectivity index (χ0v) is 15.8. The second-order valence-corrected chi connectivity index (χ2v) is 6.75. The predicted molar refractivity (Wildman–Crippen MR) is 106 cm³/mol. The second kappa shape index (κ2) is 8.55. The monoisotopic (exact) mass is 381 g/mol. The smallest absolute Gasteiger partial charge is 0.257 e. The molecule has 1 aromatic heterocycles. The highest BCUT2D eigenvalue weighted by Crippen LogP contribution is 2.21. The van der Waals surface area contributed by atoms with Gasteiger partial charge in [-0.15, -0.1) is 0 Å². The molecule has 138 valence electrons. The summed E-state index contributed by atoms with van der Waals surface area (Å²) in [5, 5.41) is 6.05. The van der Waals surface area contributed by atoms with E-state index in [1.165, 1.54) is 11.8 Å². The summed E-state index contributed by atoms with van der Waals surface area (Å²) in [6.07, 6.45) is 0. The third-order valence-electron chi connectivity index (χ3n) is 3.81. The minimum atomic E-state index is -0.288. The molecule has 0 fully saturated rings. The molecule has 0 spiro atoms. The van der Waals surface area contributed by atoms with Gasteiger partial charge in [0.15, 0.2) is 0 Å². The van der Waals surface area contributed by atoms with Crippen LogP contribution in [0.1, 0.15) is 21.8 Å². The topological polar surface area (TPSA) is 84.2 Å². The van der Waals surface area contributed by atoms with Crippen LogP contribution < -0.4 is 10.6 Å². The summed E-state index contributed by atoms with van der Waals surface area (Å²) in [7, 11) is 0. The Labute approximate surface area is 161 Å². The average molecular weight is 381 g/mol. The van der Waals surface area contributed by atoms with Gasteiger partial charge in [-0.05, 0) is 38.1 Å². The Balaban J connectivity index is 1.64. The van der Waals surface area contributed by atoms with E-state index >= 15 is 0 Å². The van der Waals surface area contributed by atoms with Gasteiger partial charge in [0.05, 0.1) is 22.7 Å². The van der Waals surface area contributed by atoms with Crippen molar-refractivity contribution in [2.45, 2.75) is 19.1 Å². The number of nitrogens with one attached hydrogen (secondary N) is 2. The fourth-order valence-corrected chi connectivity index (χ4v) is 3.04. The zero-order chi connectivity index (χ0) is 19.2. The number of anilines is 2. The molecule has 3 rings (SSSR count). The first-order valence-electron chi connectivity index (χ1n) is 8.35. The summed E-state index contributed by atoms with van der Waals surface area (Å²) in [5.74, 6) is 0.339. The van der Waals surface area contributed by atoms with Crippen molar-refractivity contribution in [3.63, 3.8) is 0 Å². The lowest BCUT2D eigenvalue weighted by Gasteiger charge is -2.11. The number of benzene rings is 2. The largest absolute Gasteiger partial charge is 0.437 e. The summed E-state index contributed by atoms with van der Waals surface area (Å²) < 4.78 is 5.45. The van der Waals surface area contributed by atoms with E-state index in [9.17, 15) is 9.59 Å². The fourth-order valence-electron chi connectivity index (χ4n) is 2.33. The first kappa shape index (κ1) is 18.7. The van der Waals surface area contributed by atoms with Gasteiger partial charge in [0.25, 0.3) is 11.1 Å². The minimum absolute atomic E-state index is 0.133. The highest BCUT2D eigenvalue weighted by atomic mass is 32.2. The molecule has 1 heterocycles. The Morgan fingerprint density at radius 1 is 1.00 bits per heavy atom.